The Morgan fingerprint density at radius 2 is 2.04 bits per heavy atom. The second-order valence-corrected chi connectivity index (χ2v) is 7.85. The van der Waals surface area contributed by atoms with Gasteiger partial charge in [-0.05, 0) is 37.3 Å². The van der Waals surface area contributed by atoms with Crippen LogP contribution in [-0.4, -0.2) is 29.6 Å². The number of carbonyl (C=O) groups excluding carboxylic acids is 3. The Morgan fingerprint density at radius 3 is 2.81 bits per heavy atom. The van der Waals surface area contributed by atoms with Crippen molar-refractivity contribution in [3.8, 4) is 0 Å². The van der Waals surface area contributed by atoms with E-state index in [9.17, 15) is 14.4 Å². The van der Waals surface area contributed by atoms with Crippen LogP contribution in [0.1, 0.15) is 17.3 Å². The van der Waals surface area contributed by atoms with E-state index in [1.807, 2.05) is 0 Å². The summed E-state index contributed by atoms with van der Waals surface area (Å²) in [4.78, 5) is 36.8. The second-order valence-electron chi connectivity index (χ2n) is 5.69. The number of ether oxygens (including phenoxy) is 1. The summed E-state index contributed by atoms with van der Waals surface area (Å²) in [5.74, 6) is -1.36. The van der Waals surface area contributed by atoms with Gasteiger partial charge in [0.15, 0.2) is 6.61 Å². The minimum atomic E-state index is -0.678. The Hall–Kier alpha value is -2.22. The van der Waals surface area contributed by atoms with E-state index >= 15 is 0 Å². The van der Waals surface area contributed by atoms with Crippen LogP contribution in [-0.2, 0) is 14.3 Å². The van der Waals surface area contributed by atoms with Crippen molar-refractivity contribution in [3.05, 3.63) is 52.0 Å². The normalized spacial score (nSPS) is 15.5. The minimum Gasteiger partial charge on any atom is -0.452 e. The summed E-state index contributed by atoms with van der Waals surface area (Å²) in [6.45, 7) is 1.31. The molecule has 6 nitrogen and oxygen atoms in total. The van der Waals surface area contributed by atoms with E-state index in [1.54, 1.807) is 37.3 Å². The summed E-state index contributed by atoms with van der Waals surface area (Å²) in [6.07, 6.45) is 0. The van der Waals surface area contributed by atoms with Crippen LogP contribution in [0.2, 0.25) is 10.0 Å². The van der Waals surface area contributed by atoms with Crippen molar-refractivity contribution in [2.45, 2.75) is 17.1 Å². The van der Waals surface area contributed by atoms with Crippen LogP contribution < -0.4 is 10.6 Å². The monoisotopic (exact) mass is 424 g/mol. The molecule has 1 aliphatic heterocycles. The fraction of sp³-hybridized carbons (Fsp3) is 0.167. The first-order valence-electron chi connectivity index (χ1n) is 7.87. The molecule has 2 aromatic carbocycles. The van der Waals surface area contributed by atoms with Gasteiger partial charge in [-0.25, -0.2) is 4.79 Å². The molecule has 9 heteroatoms. The van der Waals surface area contributed by atoms with E-state index in [0.29, 0.717) is 16.4 Å². The first kappa shape index (κ1) is 19.5. The topological polar surface area (TPSA) is 84.5 Å². The first-order chi connectivity index (χ1) is 12.8. The quantitative estimate of drug-likeness (QED) is 0.717. The summed E-state index contributed by atoms with van der Waals surface area (Å²) in [7, 11) is 0. The van der Waals surface area contributed by atoms with Gasteiger partial charge in [0.25, 0.3) is 5.91 Å². The molecule has 0 bridgehead atoms. The Balaban J connectivity index is 1.61. The van der Waals surface area contributed by atoms with Crippen LogP contribution in [0.4, 0.5) is 11.4 Å². The summed E-state index contributed by atoms with van der Waals surface area (Å²) in [6, 6.07) is 9.66. The van der Waals surface area contributed by atoms with E-state index in [2.05, 4.69) is 10.6 Å². The molecule has 2 amide bonds. The third-order valence-corrected chi connectivity index (χ3v) is 5.70. The zero-order chi connectivity index (χ0) is 19.6. The van der Waals surface area contributed by atoms with E-state index in [0.717, 1.165) is 4.90 Å². The van der Waals surface area contributed by atoms with Crippen LogP contribution in [0.3, 0.4) is 0 Å². The highest BCUT2D eigenvalue weighted by Crippen LogP contribution is 2.36. The molecule has 1 aliphatic rings. The molecule has 0 radical (unpaired) electrons. The highest BCUT2D eigenvalue weighted by Gasteiger charge is 2.24. The van der Waals surface area contributed by atoms with Gasteiger partial charge in [0.2, 0.25) is 5.91 Å². The van der Waals surface area contributed by atoms with Crippen LogP contribution in [0.25, 0.3) is 0 Å². The number of esters is 1. The molecule has 27 heavy (non-hydrogen) atoms. The number of benzene rings is 2. The minimum absolute atomic E-state index is 0.129. The zero-order valence-electron chi connectivity index (χ0n) is 14.0. The Bertz CT molecular complexity index is 936. The van der Waals surface area contributed by atoms with Crippen LogP contribution in [0.15, 0.2) is 41.3 Å². The van der Waals surface area contributed by atoms with E-state index in [4.69, 9.17) is 27.9 Å². The first-order valence-corrected chi connectivity index (χ1v) is 9.51. The third-order valence-electron chi connectivity index (χ3n) is 3.71. The molecule has 3 rings (SSSR count). The SMILES string of the molecule is CC1Sc2ccc(C(=O)OCC(=O)Nc3cccc(Cl)c3Cl)cc2NC1=O. The molecule has 0 spiro atoms. The van der Waals surface area contributed by atoms with Gasteiger partial charge >= 0.3 is 5.97 Å². The van der Waals surface area contributed by atoms with Gasteiger partial charge in [-0.2, -0.15) is 0 Å². The van der Waals surface area contributed by atoms with Crippen molar-refractivity contribution in [1.82, 2.24) is 0 Å². The molecule has 0 saturated heterocycles. The Kier molecular flexibility index (Phi) is 5.94. The average molecular weight is 425 g/mol. The summed E-state index contributed by atoms with van der Waals surface area (Å²) < 4.78 is 5.02. The number of hydrogen-bond donors (Lipinski definition) is 2. The van der Waals surface area contributed by atoms with Crippen molar-refractivity contribution in [2.75, 3.05) is 17.2 Å². The zero-order valence-corrected chi connectivity index (χ0v) is 16.4. The summed E-state index contributed by atoms with van der Waals surface area (Å²) in [5.41, 5.74) is 1.11. The van der Waals surface area contributed by atoms with Gasteiger partial charge < -0.3 is 15.4 Å². The van der Waals surface area contributed by atoms with Crippen molar-refractivity contribution >= 4 is 64.1 Å². The maximum atomic E-state index is 12.2. The highest BCUT2D eigenvalue weighted by atomic mass is 35.5. The number of amides is 2. The van der Waals surface area contributed by atoms with Crippen molar-refractivity contribution < 1.29 is 19.1 Å². The molecular formula is C18H14Cl2N2O4S. The molecule has 0 fully saturated rings. The van der Waals surface area contributed by atoms with Crippen molar-refractivity contribution in [2.24, 2.45) is 0 Å². The number of halogens is 2. The lowest BCUT2D eigenvalue weighted by molar-refractivity contribution is -0.119. The summed E-state index contributed by atoms with van der Waals surface area (Å²) in [5, 5.41) is 5.57. The smallest absolute Gasteiger partial charge is 0.338 e. The largest absolute Gasteiger partial charge is 0.452 e. The second kappa shape index (κ2) is 8.21. The predicted molar refractivity (Wildman–Crippen MR) is 106 cm³/mol. The molecule has 1 unspecified atom stereocenters. The lowest BCUT2D eigenvalue weighted by Gasteiger charge is -2.21. The predicted octanol–water partition coefficient (Wildman–Crippen LogP) is 4.22. The van der Waals surface area contributed by atoms with Crippen molar-refractivity contribution in [3.63, 3.8) is 0 Å². The molecule has 0 aromatic heterocycles. The van der Waals surface area contributed by atoms with Crippen LogP contribution >= 0.6 is 35.0 Å². The number of carbonyl (C=O) groups is 3. The molecule has 0 aliphatic carbocycles. The van der Waals surface area contributed by atoms with E-state index < -0.39 is 18.5 Å². The van der Waals surface area contributed by atoms with Gasteiger partial charge in [0.05, 0.1) is 32.2 Å². The van der Waals surface area contributed by atoms with Gasteiger partial charge in [-0.3, -0.25) is 9.59 Å². The Labute approximate surface area is 169 Å². The molecule has 0 saturated carbocycles. The molecule has 1 atom stereocenters. The van der Waals surface area contributed by atoms with Crippen molar-refractivity contribution in [1.29, 1.82) is 0 Å². The standard InChI is InChI=1S/C18H14Cl2N2O4S/c1-9-17(24)22-13-7-10(5-6-14(13)27-9)18(25)26-8-15(23)21-12-4-2-3-11(19)16(12)20/h2-7,9H,8H2,1H3,(H,21,23)(H,22,24). The maximum absolute atomic E-state index is 12.2. The fourth-order valence-corrected chi connectivity index (χ4v) is 3.61. The van der Waals surface area contributed by atoms with E-state index in [1.165, 1.54) is 17.8 Å². The fourth-order valence-electron chi connectivity index (χ4n) is 2.34. The molecule has 2 N–H and O–H groups in total. The molecular weight excluding hydrogens is 411 g/mol. The third kappa shape index (κ3) is 4.55. The Morgan fingerprint density at radius 1 is 1.26 bits per heavy atom. The molecule has 1 heterocycles. The highest BCUT2D eigenvalue weighted by molar-refractivity contribution is 8.00. The molecule has 2 aromatic rings. The van der Waals surface area contributed by atoms with E-state index in [-0.39, 0.29) is 21.7 Å². The van der Waals surface area contributed by atoms with Crippen LogP contribution in [0.5, 0.6) is 0 Å². The number of hydrogen-bond acceptors (Lipinski definition) is 5. The maximum Gasteiger partial charge on any atom is 0.338 e. The average Bonchev–Trinajstić information content (AvgIpc) is 2.64. The number of fused-ring (bicyclic) bond motifs is 1. The number of thioether (sulfide) groups is 1. The lowest BCUT2D eigenvalue weighted by Crippen LogP contribution is -2.26. The molecule has 140 valence electrons. The van der Waals surface area contributed by atoms with Gasteiger partial charge in [0, 0.05) is 4.90 Å². The van der Waals surface area contributed by atoms with Crippen LogP contribution in [0, 0.1) is 0 Å². The van der Waals surface area contributed by atoms with Gasteiger partial charge in [0.1, 0.15) is 0 Å². The lowest BCUT2D eigenvalue weighted by atomic mass is 10.2. The number of nitrogens with one attached hydrogen (secondary N) is 2. The number of anilines is 2. The number of rotatable bonds is 4. The van der Waals surface area contributed by atoms with Gasteiger partial charge in [-0.15, -0.1) is 11.8 Å². The van der Waals surface area contributed by atoms with Gasteiger partial charge in [-0.1, -0.05) is 29.3 Å². The summed E-state index contributed by atoms with van der Waals surface area (Å²) >= 11 is 13.3.